The van der Waals surface area contributed by atoms with Gasteiger partial charge in [-0.2, -0.15) is 5.26 Å². The van der Waals surface area contributed by atoms with Gasteiger partial charge in [0.25, 0.3) is 11.1 Å². The second-order valence-corrected chi connectivity index (χ2v) is 8.57. The van der Waals surface area contributed by atoms with Crippen LogP contribution in [0.5, 0.6) is 5.75 Å². The minimum absolute atomic E-state index is 0.166. The predicted molar refractivity (Wildman–Crippen MR) is 124 cm³/mol. The van der Waals surface area contributed by atoms with E-state index in [-0.39, 0.29) is 18.1 Å². The van der Waals surface area contributed by atoms with Gasteiger partial charge in [0.2, 0.25) is 0 Å². The van der Waals surface area contributed by atoms with E-state index in [0.29, 0.717) is 21.3 Å². The topological polar surface area (TPSA) is 96.7 Å². The summed E-state index contributed by atoms with van der Waals surface area (Å²) in [7, 11) is 0. The van der Waals surface area contributed by atoms with Crippen LogP contribution in [0, 0.1) is 11.3 Å². The summed E-state index contributed by atoms with van der Waals surface area (Å²) in [6, 6.07) is 13.6. The number of carbonyl (C=O) groups excluding carboxylic acids is 3. The van der Waals surface area contributed by atoms with Crippen molar-refractivity contribution in [1.29, 1.82) is 5.26 Å². The minimum Gasteiger partial charge on any atom is -0.488 e. The second kappa shape index (κ2) is 10.5. The average molecular weight is 515 g/mol. The highest BCUT2D eigenvalue weighted by Crippen LogP contribution is 2.35. The number of amides is 2. The summed E-state index contributed by atoms with van der Waals surface area (Å²) in [6.45, 7) is 3.52. The van der Waals surface area contributed by atoms with E-state index in [9.17, 15) is 19.6 Å². The summed E-state index contributed by atoms with van der Waals surface area (Å²) in [5.41, 5.74) is 2.00. The van der Waals surface area contributed by atoms with Crippen molar-refractivity contribution < 1.29 is 23.9 Å². The molecule has 164 valence electrons. The highest BCUT2D eigenvalue weighted by Gasteiger charge is 2.41. The molecule has 0 saturated carbocycles. The molecule has 0 N–H and O–H groups in total. The Bertz CT molecular complexity index is 1140. The molecule has 1 aliphatic heterocycles. The fourth-order valence-corrected chi connectivity index (χ4v) is 4.39. The zero-order chi connectivity index (χ0) is 23.3. The van der Waals surface area contributed by atoms with Crippen LogP contribution in [0.25, 0.3) is 6.08 Å². The van der Waals surface area contributed by atoms with Gasteiger partial charge < -0.3 is 9.47 Å². The van der Waals surface area contributed by atoms with Gasteiger partial charge in [0.05, 0.1) is 27.6 Å². The number of hydrogen-bond donors (Lipinski definition) is 0. The molecule has 0 aliphatic carbocycles. The zero-order valence-electron chi connectivity index (χ0n) is 17.3. The summed E-state index contributed by atoms with van der Waals surface area (Å²) in [5.74, 6) is -0.595. The highest BCUT2D eigenvalue weighted by molar-refractivity contribution is 9.10. The van der Waals surface area contributed by atoms with Gasteiger partial charge in [0.15, 0.2) is 0 Å². The van der Waals surface area contributed by atoms with Crippen LogP contribution in [0.15, 0.2) is 51.8 Å². The first-order valence-electron chi connectivity index (χ1n) is 9.69. The third-order valence-corrected chi connectivity index (χ3v) is 6.12. The smallest absolute Gasteiger partial charge is 0.329 e. The lowest BCUT2D eigenvalue weighted by Gasteiger charge is -2.19. The van der Waals surface area contributed by atoms with E-state index in [2.05, 4.69) is 22.0 Å². The van der Waals surface area contributed by atoms with Crippen molar-refractivity contribution in [1.82, 2.24) is 4.90 Å². The quantitative estimate of drug-likeness (QED) is 0.383. The maximum atomic E-state index is 12.7. The molecule has 1 saturated heterocycles. The first-order valence-corrected chi connectivity index (χ1v) is 11.3. The normalized spacial score (nSPS) is 15.6. The van der Waals surface area contributed by atoms with Crippen LogP contribution < -0.4 is 4.74 Å². The Morgan fingerprint density at radius 2 is 2.03 bits per heavy atom. The SMILES string of the molecule is CCOC(=O)[C@@H](C)N1C(=O)S/C(=C\c2ccc(OCc3ccccc3C#N)c(Br)c2)C1=O. The fraction of sp³-hybridized carbons (Fsp3) is 0.217. The monoisotopic (exact) mass is 514 g/mol. The van der Waals surface area contributed by atoms with Gasteiger partial charge in [-0.1, -0.05) is 24.3 Å². The van der Waals surface area contributed by atoms with E-state index in [0.717, 1.165) is 22.2 Å². The molecule has 3 rings (SSSR count). The van der Waals surface area contributed by atoms with Gasteiger partial charge in [-0.3, -0.25) is 14.5 Å². The Kier molecular flexibility index (Phi) is 7.72. The van der Waals surface area contributed by atoms with Crippen molar-refractivity contribution in [3.63, 3.8) is 0 Å². The third-order valence-electron chi connectivity index (χ3n) is 4.61. The summed E-state index contributed by atoms with van der Waals surface area (Å²) < 4.78 is 11.4. The third kappa shape index (κ3) is 5.21. The molecule has 1 aliphatic rings. The highest BCUT2D eigenvalue weighted by atomic mass is 79.9. The van der Waals surface area contributed by atoms with E-state index >= 15 is 0 Å². The number of esters is 1. The Balaban J connectivity index is 1.73. The Labute approximate surface area is 198 Å². The van der Waals surface area contributed by atoms with Crippen LogP contribution in [0.2, 0.25) is 0 Å². The minimum atomic E-state index is -0.993. The van der Waals surface area contributed by atoms with E-state index in [1.54, 1.807) is 43.3 Å². The summed E-state index contributed by atoms with van der Waals surface area (Å²) in [4.78, 5) is 38.0. The van der Waals surface area contributed by atoms with Gasteiger partial charge >= 0.3 is 5.97 Å². The van der Waals surface area contributed by atoms with Crippen LogP contribution in [0.3, 0.4) is 0 Å². The Morgan fingerprint density at radius 3 is 2.72 bits per heavy atom. The first-order chi connectivity index (χ1) is 15.3. The number of thioether (sulfide) groups is 1. The number of halogens is 1. The van der Waals surface area contributed by atoms with Crippen LogP contribution in [-0.4, -0.2) is 34.7 Å². The molecule has 9 heteroatoms. The standard InChI is InChI=1S/C23H19BrN2O5S/c1-3-30-22(28)14(2)26-21(27)20(32-23(26)29)11-15-8-9-19(18(24)10-15)31-13-17-7-5-4-6-16(17)12-25/h4-11,14H,3,13H2,1-2H3/b20-11-/t14-/m1/s1. The van der Waals surface area contributed by atoms with Crippen LogP contribution in [0.4, 0.5) is 4.79 Å². The number of benzene rings is 2. The zero-order valence-corrected chi connectivity index (χ0v) is 19.7. The Morgan fingerprint density at radius 1 is 1.28 bits per heavy atom. The molecule has 7 nitrogen and oxygen atoms in total. The van der Waals surface area contributed by atoms with Gasteiger partial charge in [-0.15, -0.1) is 0 Å². The van der Waals surface area contributed by atoms with Crippen LogP contribution in [0.1, 0.15) is 30.5 Å². The number of nitrogens with zero attached hydrogens (tertiary/aromatic N) is 2. The molecule has 0 unspecified atom stereocenters. The summed E-state index contributed by atoms with van der Waals surface area (Å²) >= 11 is 4.23. The molecule has 2 aromatic rings. The summed E-state index contributed by atoms with van der Waals surface area (Å²) in [5, 5.41) is 8.67. The largest absolute Gasteiger partial charge is 0.488 e. The van der Waals surface area contributed by atoms with Crippen molar-refractivity contribution in [2.75, 3.05) is 6.61 Å². The average Bonchev–Trinajstić information content (AvgIpc) is 3.05. The first kappa shape index (κ1) is 23.6. The molecule has 2 amide bonds. The van der Waals surface area contributed by atoms with Crippen molar-refractivity contribution in [2.45, 2.75) is 26.5 Å². The number of ether oxygens (including phenoxy) is 2. The molecule has 2 aromatic carbocycles. The van der Waals surface area contributed by atoms with Gasteiger partial charge in [-0.05, 0) is 71.4 Å². The maximum absolute atomic E-state index is 12.7. The molecule has 0 aromatic heterocycles. The number of hydrogen-bond acceptors (Lipinski definition) is 7. The maximum Gasteiger partial charge on any atom is 0.329 e. The molecule has 32 heavy (non-hydrogen) atoms. The van der Waals surface area contributed by atoms with E-state index in [1.165, 1.54) is 6.92 Å². The number of imide groups is 1. The van der Waals surface area contributed by atoms with Crippen LogP contribution >= 0.6 is 27.7 Å². The van der Waals surface area contributed by atoms with Crippen molar-refractivity contribution in [3.05, 3.63) is 68.5 Å². The second-order valence-electron chi connectivity index (χ2n) is 6.73. The number of carbonyl (C=O) groups is 3. The lowest BCUT2D eigenvalue weighted by Crippen LogP contribution is -2.42. The van der Waals surface area contributed by atoms with E-state index in [4.69, 9.17) is 9.47 Å². The van der Waals surface area contributed by atoms with Gasteiger partial charge in [-0.25, -0.2) is 4.79 Å². The molecular formula is C23H19BrN2O5S. The molecule has 0 bridgehead atoms. The lowest BCUT2D eigenvalue weighted by molar-refractivity contribution is -0.150. The van der Waals surface area contributed by atoms with Crippen molar-refractivity contribution in [2.24, 2.45) is 0 Å². The van der Waals surface area contributed by atoms with Crippen molar-refractivity contribution >= 4 is 50.9 Å². The predicted octanol–water partition coefficient (Wildman–Crippen LogP) is 4.89. The molecule has 1 fully saturated rings. The van der Waals surface area contributed by atoms with Crippen molar-refractivity contribution in [3.8, 4) is 11.8 Å². The van der Waals surface area contributed by atoms with Crippen LogP contribution in [-0.2, 0) is 20.9 Å². The van der Waals surface area contributed by atoms with Gasteiger partial charge in [0.1, 0.15) is 18.4 Å². The molecule has 1 atom stereocenters. The number of rotatable bonds is 7. The molecule has 0 radical (unpaired) electrons. The summed E-state index contributed by atoms with van der Waals surface area (Å²) in [6.07, 6.45) is 1.59. The van der Waals surface area contributed by atoms with E-state index in [1.807, 2.05) is 12.1 Å². The fourth-order valence-electron chi connectivity index (χ4n) is 2.97. The lowest BCUT2D eigenvalue weighted by atomic mass is 10.1. The Hall–Kier alpha value is -3.09. The van der Waals surface area contributed by atoms with Gasteiger partial charge in [0, 0.05) is 5.56 Å². The number of nitriles is 1. The molecule has 1 heterocycles. The van der Waals surface area contributed by atoms with E-state index < -0.39 is 23.2 Å². The molecular weight excluding hydrogens is 496 g/mol. The molecule has 0 spiro atoms.